The van der Waals surface area contributed by atoms with E-state index in [0.29, 0.717) is 28.3 Å². The minimum Gasteiger partial charge on any atom is -0.443 e. The second-order valence-electron chi connectivity index (χ2n) is 6.41. The number of aromatic nitrogens is 1. The summed E-state index contributed by atoms with van der Waals surface area (Å²) >= 11 is 0. The van der Waals surface area contributed by atoms with Gasteiger partial charge in [0, 0.05) is 24.2 Å². The Morgan fingerprint density at radius 1 is 1.00 bits per heavy atom. The molecule has 2 heterocycles. The molecule has 3 aromatic rings. The van der Waals surface area contributed by atoms with Crippen LogP contribution in [0.5, 0.6) is 11.5 Å². The van der Waals surface area contributed by atoms with Crippen molar-refractivity contribution in [3.05, 3.63) is 77.1 Å². The highest BCUT2D eigenvalue weighted by Gasteiger charge is 2.41. The third-order valence-electron chi connectivity index (χ3n) is 4.48. The van der Waals surface area contributed by atoms with Crippen LogP contribution in [-0.4, -0.2) is 4.98 Å². The topological polar surface area (TPSA) is 55.1 Å². The van der Waals surface area contributed by atoms with Gasteiger partial charge in [-0.3, -0.25) is 4.98 Å². The third kappa shape index (κ3) is 3.64. The number of nitriles is 1. The molecule has 29 heavy (non-hydrogen) atoms. The fourth-order valence-corrected chi connectivity index (χ4v) is 3.02. The molecule has 0 bridgehead atoms. The maximum absolute atomic E-state index is 14.5. The van der Waals surface area contributed by atoms with Crippen LogP contribution in [0.15, 0.2) is 48.7 Å². The molecule has 1 aliphatic rings. The lowest BCUT2D eigenvalue weighted by Gasteiger charge is -2.22. The molecule has 1 aliphatic heterocycles. The average molecular weight is 394 g/mol. The van der Waals surface area contributed by atoms with Gasteiger partial charge in [0.15, 0.2) is 11.5 Å². The van der Waals surface area contributed by atoms with Crippen molar-refractivity contribution in [2.24, 2.45) is 0 Å². The van der Waals surface area contributed by atoms with E-state index in [1.165, 1.54) is 13.1 Å². The number of halogens is 2. The van der Waals surface area contributed by atoms with E-state index >= 15 is 0 Å². The summed E-state index contributed by atoms with van der Waals surface area (Å²) in [6.07, 6.45) is 1.42. The van der Waals surface area contributed by atoms with Crippen molar-refractivity contribution in [1.29, 1.82) is 5.26 Å². The molecule has 0 spiro atoms. The minimum absolute atomic E-state index is 0.0931. The smallest absolute Gasteiger partial charge is 0.292 e. The fraction of sp³-hybridized carbons (Fsp3) is 0.217. The number of aryl methyl sites for hydroxylation is 1. The van der Waals surface area contributed by atoms with Gasteiger partial charge in [-0.1, -0.05) is 26.0 Å². The van der Waals surface area contributed by atoms with Crippen LogP contribution in [-0.2, 0) is 5.79 Å². The summed E-state index contributed by atoms with van der Waals surface area (Å²) in [5.74, 6) is -1.57. The Kier molecular flexibility index (Phi) is 5.51. The van der Waals surface area contributed by atoms with E-state index in [1.54, 1.807) is 37.3 Å². The molecule has 0 fully saturated rings. The molecule has 0 radical (unpaired) electrons. The number of ether oxygens (including phenoxy) is 2. The second kappa shape index (κ2) is 7.88. The van der Waals surface area contributed by atoms with Gasteiger partial charge in [-0.15, -0.1) is 0 Å². The highest BCUT2D eigenvalue weighted by Crippen LogP contribution is 2.49. The molecule has 6 heteroatoms. The van der Waals surface area contributed by atoms with E-state index in [4.69, 9.17) is 14.7 Å². The summed E-state index contributed by atoms with van der Waals surface area (Å²) in [6, 6.07) is 12.6. The molecule has 0 N–H and O–H groups in total. The van der Waals surface area contributed by atoms with Crippen molar-refractivity contribution < 1.29 is 18.3 Å². The van der Waals surface area contributed by atoms with Gasteiger partial charge in [0.05, 0.1) is 5.56 Å². The summed E-state index contributed by atoms with van der Waals surface area (Å²) in [6.45, 7) is 7.18. The van der Waals surface area contributed by atoms with Gasteiger partial charge in [-0.2, -0.15) is 5.26 Å². The highest BCUT2D eigenvalue weighted by molar-refractivity contribution is 5.75. The predicted octanol–water partition coefficient (Wildman–Crippen LogP) is 5.88. The van der Waals surface area contributed by atoms with Crippen LogP contribution >= 0.6 is 0 Å². The van der Waals surface area contributed by atoms with E-state index in [2.05, 4.69) is 4.98 Å². The van der Waals surface area contributed by atoms with Gasteiger partial charge >= 0.3 is 0 Å². The Morgan fingerprint density at radius 2 is 1.76 bits per heavy atom. The van der Waals surface area contributed by atoms with E-state index in [0.717, 1.165) is 12.1 Å². The summed E-state index contributed by atoms with van der Waals surface area (Å²) in [4.78, 5) is 4.23. The largest absolute Gasteiger partial charge is 0.443 e. The van der Waals surface area contributed by atoms with Crippen LogP contribution in [0, 0.1) is 29.9 Å². The van der Waals surface area contributed by atoms with Gasteiger partial charge in [0.25, 0.3) is 5.79 Å². The maximum atomic E-state index is 14.5. The zero-order valence-corrected chi connectivity index (χ0v) is 16.6. The molecule has 0 amide bonds. The molecular weight excluding hydrogens is 374 g/mol. The van der Waals surface area contributed by atoms with Gasteiger partial charge in [-0.05, 0) is 42.8 Å². The average Bonchev–Trinajstić information content (AvgIpc) is 3.10. The number of para-hydroxylation sites is 1. The first-order valence-corrected chi connectivity index (χ1v) is 9.25. The molecule has 0 saturated heterocycles. The van der Waals surface area contributed by atoms with Gasteiger partial charge in [0.2, 0.25) is 0 Å². The molecule has 4 nitrogen and oxygen atoms in total. The quantitative estimate of drug-likeness (QED) is 0.545. The molecule has 1 aromatic heterocycles. The fourth-order valence-electron chi connectivity index (χ4n) is 3.02. The first kappa shape index (κ1) is 20.3. The molecule has 1 atom stereocenters. The number of hydrogen-bond donors (Lipinski definition) is 0. The van der Waals surface area contributed by atoms with Crippen LogP contribution in [0.1, 0.15) is 37.6 Å². The van der Waals surface area contributed by atoms with Gasteiger partial charge < -0.3 is 9.47 Å². The molecule has 1 unspecified atom stereocenters. The normalized spacial score (nSPS) is 16.6. The van der Waals surface area contributed by atoms with Gasteiger partial charge in [-0.25, -0.2) is 8.78 Å². The Hall–Kier alpha value is -3.46. The molecular formula is C23H20F2N2O2. The van der Waals surface area contributed by atoms with Crippen molar-refractivity contribution in [2.45, 2.75) is 33.5 Å². The lowest BCUT2D eigenvalue weighted by molar-refractivity contribution is -0.0715. The van der Waals surface area contributed by atoms with E-state index in [1.807, 2.05) is 19.9 Å². The summed E-state index contributed by atoms with van der Waals surface area (Å²) in [5.41, 5.74) is 1.58. The van der Waals surface area contributed by atoms with Crippen molar-refractivity contribution >= 4 is 0 Å². The zero-order valence-electron chi connectivity index (χ0n) is 16.6. The van der Waals surface area contributed by atoms with Crippen LogP contribution < -0.4 is 9.47 Å². The lowest BCUT2D eigenvalue weighted by atomic mass is 10.0. The number of fused-ring (bicyclic) bond motifs is 1. The number of pyridine rings is 1. The Labute approximate surface area is 168 Å². The third-order valence-corrected chi connectivity index (χ3v) is 4.48. The number of benzene rings is 2. The van der Waals surface area contributed by atoms with Crippen LogP contribution in [0.3, 0.4) is 0 Å². The SMILES string of the molecule is CC.Cc1cc(F)c(-c2cccc3c2OC(C)(c2ccc(C#N)cn2)O3)cc1F. The molecule has 0 saturated carbocycles. The number of hydrogen-bond acceptors (Lipinski definition) is 4. The molecule has 2 aromatic carbocycles. The Bertz CT molecular complexity index is 1090. The summed E-state index contributed by atoms with van der Waals surface area (Å²) < 4.78 is 40.4. The maximum Gasteiger partial charge on any atom is 0.292 e. The van der Waals surface area contributed by atoms with Crippen LogP contribution in [0.4, 0.5) is 8.78 Å². The first-order chi connectivity index (χ1) is 13.9. The van der Waals surface area contributed by atoms with Crippen molar-refractivity contribution in [1.82, 2.24) is 4.98 Å². The first-order valence-electron chi connectivity index (χ1n) is 9.25. The van der Waals surface area contributed by atoms with Crippen LogP contribution in [0.2, 0.25) is 0 Å². The minimum atomic E-state index is -1.24. The standard InChI is InChI=1S/C21H14F2N2O2.C2H6/c1-12-8-17(23)15(9-16(12)22)14-4-3-5-18-20(14)27-21(2,26-18)19-7-6-13(10-24)11-25-19;1-2/h3-9,11H,1-2H3;1-2H3. The number of rotatable bonds is 2. The summed E-state index contributed by atoms with van der Waals surface area (Å²) in [7, 11) is 0. The molecule has 148 valence electrons. The number of nitrogens with zero attached hydrogens (tertiary/aromatic N) is 2. The molecule has 0 aliphatic carbocycles. The van der Waals surface area contributed by atoms with Crippen molar-refractivity contribution in [2.75, 3.05) is 0 Å². The Morgan fingerprint density at radius 3 is 2.41 bits per heavy atom. The summed E-state index contributed by atoms with van der Waals surface area (Å²) in [5, 5.41) is 8.91. The zero-order chi connectivity index (χ0) is 21.2. The molecule has 4 rings (SSSR count). The van der Waals surface area contributed by atoms with Crippen molar-refractivity contribution in [3.8, 4) is 28.7 Å². The van der Waals surface area contributed by atoms with Crippen LogP contribution in [0.25, 0.3) is 11.1 Å². The lowest BCUT2D eigenvalue weighted by Crippen LogP contribution is -2.32. The monoisotopic (exact) mass is 394 g/mol. The van der Waals surface area contributed by atoms with E-state index < -0.39 is 17.4 Å². The second-order valence-corrected chi connectivity index (χ2v) is 6.41. The van der Waals surface area contributed by atoms with E-state index in [9.17, 15) is 8.78 Å². The predicted molar refractivity (Wildman–Crippen MR) is 105 cm³/mol. The van der Waals surface area contributed by atoms with E-state index in [-0.39, 0.29) is 11.1 Å². The van der Waals surface area contributed by atoms with Crippen molar-refractivity contribution in [3.63, 3.8) is 0 Å². The highest BCUT2D eigenvalue weighted by atomic mass is 19.1. The Balaban J connectivity index is 0.00000117. The van der Waals surface area contributed by atoms with Gasteiger partial charge in [0.1, 0.15) is 23.4 Å².